The summed E-state index contributed by atoms with van der Waals surface area (Å²) < 4.78 is 6.11. The van der Waals surface area contributed by atoms with Crippen LogP contribution in [0.5, 0.6) is 0 Å². The van der Waals surface area contributed by atoms with Gasteiger partial charge in [0.1, 0.15) is 0 Å². The van der Waals surface area contributed by atoms with E-state index in [4.69, 9.17) is 9.57 Å². The molecule has 0 amide bonds. The molecule has 1 unspecified atom stereocenters. The highest BCUT2D eigenvalue weighted by atomic mass is 16.6. The van der Waals surface area contributed by atoms with Gasteiger partial charge >= 0.3 is 0 Å². The fourth-order valence-electron chi connectivity index (χ4n) is 2.68. The Bertz CT molecular complexity index is 178. The van der Waals surface area contributed by atoms with Crippen molar-refractivity contribution in [3.05, 3.63) is 0 Å². The lowest BCUT2D eigenvalue weighted by atomic mass is 9.98. The maximum Gasteiger partial charge on any atom is 0.0731 e. The van der Waals surface area contributed by atoms with Crippen molar-refractivity contribution in [3.63, 3.8) is 0 Å². The van der Waals surface area contributed by atoms with Crippen molar-refractivity contribution in [3.8, 4) is 0 Å². The molecular formula is C11H21NO2. The second kappa shape index (κ2) is 4.60. The lowest BCUT2D eigenvalue weighted by Gasteiger charge is -2.23. The maximum absolute atomic E-state index is 6.11. The molecule has 2 fully saturated rings. The third kappa shape index (κ3) is 2.27. The summed E-state index contributed by atoms with van der Waals surface area (Å²) in [6.45, 7) is 3.55. The van der Waals surface area contributed by atoms with Gasteiger partial charge in [0.05, 0.1) is 18.3 Å². The highest BCUT2D eigenvalue weighted by molar-refractivity contribution is 4.92. The van der Waals surface area contributed by atoms with Crippen molar-refractivity contribution in [1.82, 2.24) is 5.48 Å². The van der Waals surface area contributed by atoms with Crippen LogP contribution in [-0.4, -0.2) is 24.9 Å². The number of hydrogen-bond donors (Lipinski definition) is 1. The minimum Gasteiger partial charge on any atom is -0.370 e. The van der Waals surface area contributed by atoms with Crippen LogP contribution < -0.4 is 5.48 Å². The summed E-state index contributed by atoms with van der Waals surface area (Å²) in [5.41, 5.74) is 3.22. The Morgan fingerprint density at radius 1 is 1.36 bits per heavy atom. The predicted octanol–water partition coefficient (Wildman–Crippen LogP) is 2.02. The predicted molar refractivity (Wildman–Crippen MR) is 54.9 cm³/mol. The number of ether oxygens (including phenoxy) is 1. The molecule has 3 heteroatoms. The van der Waals surface area contributed by atoms with Gasteiger partial charge in [-0.25, -0.2) is 0 Å². The Balaban J connectivity index is 1.71. The third-order valence-electron chi connectivity index (χ3n) is 3.41. The molecule has 1 saturated heterocycles. The van der Waals surface area contributed by atoms with Crippen LogP contribution in [0.25, 0.3) is 0 Å². The Labute approximate surface area is 86.1 Å². The summed E-state index contributed by atoms with van der Waals surface area (Å²) in [6.07, 6.45) is 8.08. The third-order valence-corrected chi connectivity index (χ3v) is 3.41. The van der Waals surface area contributed by atoms with Gasteiger partial charge < -0.3 is 9.57 Å². The fraction of sp³-hybridized carbons (Fsp3) is 1.00. The molecule has 1 atom stereocenters. The zero-order valence-electron chi connectivity index (χ0n) is 9.05. The van der Waals surface area contributed by atoms with Crippen molar-refractivity contribution >= 4 is 0 Å². The van der Waals surface area contributed by atoms with E-state index in [2.05, 4.69) is 5.48 Å². The maximum atomic E-state index is 6.11. The van der Waals surface area contributed by atoms with Gasteiger partial charge in [-0.15, -0.1) is 0 Å². The van der Waals surface area contributed by atoms with Crippen LogP contribution in [0.3, 0.4) is 0 Å². The average molecular weight is 199 g/mol. The molecular weight excluding hydrogens is 178 g/mol. The molecule has 0 aromatic carbocycles. The van der Waals surface area contributed by atoms with Crippen LogP contribution in [0.1, 0.15) is 45.4 Å². The molecule has 1 N–H and O–H groups in total. The van der Waals surface area contributed by atoms with Crippen molar-refractivity contribution < 1.29 is 9.57 Å². The molecule has 1 heterocycles. The van der Waals surface area contributed by atoms with E-state index < -0.39 is 0 Å². The number of rotatable bonds is 4. The van der Waals surface area contributed by atoms with Gasteiger partial charge in [-0.3, -0.25) is 0 Å². The fourth-order valence-corrected chi connectivity index (χ4v) is 2.68. The zero-order valence-corrected chi connectivity index (χ0v) is 9.05. The van der Waals surface area contributed by atoms with E-state index in [9.17, 15) is 0 Å². The van der Waals surface area contributed by atoms with E-state index in [-0.39, 0.29) is 5.60 Å². The van der Waals surface area contributed by atoms with Gasteiger partial charge in [0.2, 0.25) is 0 Å². The smallest absolute Gasteiger partial charge is 0.0731 e. The molecule has 1 spiro atoms. The monoisotopic (exact) mass is 199 g/mol. The minimum atomic E-state index is 0.262. The van der Waals surface area contributed by atoms with E-state index in [1.165, 1.54) is 38.5 Å². The highest BCUT2D eigenvalue weighted by Gasteiger charge is 2.41. The van der Waals surface area contributed by atoms with E-state index in [1.807, 2.05) is 6.92 Å². The number of nitrogens with one attached hydrogen (secondary N) is 1. The largest absolute Gasteiger partial charge is 0.370 e. The van der Waals surface area contributed by atoms with Gasteiger partial charge in [-0.2, -0.15) is 5.48 Å². The summed E-state index contributed by atoms with van der Waals surface area (Å²) in [7, 11) is 0. The normalized spacial score (nSPS) is 30.2. The lowest BCUT2D eigenvalue weighted by Crippen LogP contribution is -2.31. The molecule has 0 aromatic heterocycles. The molecule has 2 rings (SSSR count). The quantitative estimate of drug-likeness (QED) is 0.555. The second-order valence-electron chi connectivity index (χ2n) is 4.45. The molecule has 3 nitrogen and oxygen atoms in total. The highest BCUT2D eigenvalue weighted by Crippen LogP contribution is 2.42. The van der Waals surface area contributed by atoms with Crippen molar-refractivity contribution in [2.24, 2.45) is 0 Å². The topological polar surface area (TPSA) is 30.5 Å². The summed E-state index contributed by atoms with van der Waals surface area (Å²) >= 11 is 0. The SMILES string of the molecule is CCONCC1CCC2(CCCC2)O1. The van der Waals surface area contributed by atoms with E-state index in [0.29, 0.717) is 6.10 Å². The van der Waals surface area contributed by atoms with Crippen molar-refractivity contribution in [2.45, 2.75) is 57.2 Å². The van der Waals surface area contributed by atoms with E-state index >= 15 is 0 Å². The first-order chi connectivity index (χ1) is 6.85. The van der Waals surface area contributed by atoms with Gasteiger partial charge in [-0.1, -0.05) is 12.8 Å². The van der Waals surface area contributed by atoms with E-state index in [1.54, 1.807) is 0 Å². The molecule has 0 bridgehead atoms. The molecule has 14 heavy (non-hydrogen) atoms. The first-order valence-corrected chi connectivity index (χ1v) is 5.87. The standard InChI is InChI=1S/C11H21NO2/c1-2-13-12-9-10-5-8-11(14-10)6-3-4-7-11/h10,12H,2-9H2,1H3. The van der Waals surface area contributed by atoms with Crippen LogP contribution in [-0.2, 0) is 9.57 Å². The van der Waals surface area contributed by atoms with Gasteiger partial charge in [0.15, 0.2) is 0 Å². The Morgan fingerprint density at radius 2 is 2.14 bits per heavy atom. The summed E-state index contributed by atoms with van der Waals surface area (Å²) in [5, 5.41) is 0. The molecule has 0 radical (unpaired) electrons. The van der Waals surface area contributed by atoms with Crippen LogP contribution >= 0.6 is 0 Å². The lowest BCUT2D eigenvalue weighted by molar-refractivity contribution is -0.0558. The molecule has 1 saturated carbocycles. The molecule has 2 aliphatic rings. The van der Waals surface area contributed by atoms with Crippen LogP contribution in [0.15, 0.2) is 0 Å². The van der Waals surface area contributed by atoms with Gasteiger partial charge in [0, 0.05) is 6.54 Å². The Morgan fingerprint density at radius 3 is 2.86 bits per heavy atom. The second-order valence-corrected chi connectivity index (χ2v) is 4.45. The molecule has 0 aromatic rings. The number of hydrogen-bond acceptors (Lipinski definition) is 3. The summed E-state index contributed by atoms with van der Waals surface area (Å²) in [4.78, 5) is 5.12. The van der Waals surface area contributed by atoms with Crippen LogP contribution in [0.4, 0.5) is 0 Å². The van der Waals surface area contributed by atoms with Gasteiger partial charge in [-0.05, 0) is 32.6 Å². The Hall–Kier alpha value is -0.120. The average Bonchev–Trinajstić information content (AvgIpc) is 2.79. The first-order valence-electron chi connectivity index (χ1n) is 5.87. The Kier molecular flexibility index (Phi) is 3.42. The van der Waals surface area contributed by atoms with Gasteiger partial charge in [0.25, 0.3) is 0 Å². The van der Waals surface area contributed by atoms with E-state index in [0.717, 1.165) is 13.2 Å². The molecule has 1 aliphatic carbocycles. The van der Waals surface area contributed by atoms with Crippen LogP contribution in [0, 0.1) is 0 Å². The zero-order chi connectivity index (χ0) is 9.86. The molecule has 82 valence electrons. The summed E-state index contributed by atoms with van der Waals surface area (Å²) in [6, 6.07) is 0. The van der Waals surface area contributed by atoms with Crippen molar-refractivity contribution in [2.75, 3.05) is 13.2 Å². The summed E-state index contributed by atoms with van der Waals surface area (Å²) in [5.74, 6) is 0. The number of hydroxylamine groups is 1. The van der Waals surface area contributed by atoms with Crippen molar-refractivity contribution in [1.29, 1.82) is 0 Å². The molecule has 1 aliphatic heterocycles. The first kappa shape index (κ1) is 10.4. The minimum absolute atomic E-state index is 0.262. The van der Waals surface area contributed by atoms with Crippen LogP contribution in [0.2, 0.25) is 0 Å².